The number of fused-ring (bicyclic) bond motifs is 1. The quantitative estimate of drug-likeness (QED) is 0.310. The predicted molar refractivity (Wildman–Crippen MR) is 143 cm³/mol. The highest BCUT2D eigenvalue weighted by molar-refractivity contribution is 5.86. The van der Waals surface area contributed by atoms with E-state index >= 15 is 0 Å². The van der Waals surface area contributed by atoms with Crippen molar-refractivity contribution in [3.63, 3.8) is 0 Å². The van der Waals surface area contributed by atoms with Crippen molar-refractivity contribution in [2.45, 2.75) is 26.1 Å². The first kappa shape index (κ1) is 26.4. The van der Waals surface area contributed by atoms with Gasteiger partial charge in [0, 0.05) is 44.9 Å². The highest BCUT2D eigenvalue weighted by Gasteiger charge is 2.30. The summed E-state index contributed by atoms with van der Waals surface area (Å²) < 4.78 is 49.4. The van der Waals surface area contributed by atoms with Crippen LogP contribution in [0.1, 0.15) is 24.4 Å². The van der Waals surface area contributed by atoms with Gasteiger partial charge in [-0.15, -0.1) is 0 Å². The summed E-state index contributed by atoms with van der Waals surface area (Å²) in [6, 6.07) is 18.9. The van der Waals surface area contributed by atoms with Crippen LogP contribution in [-0.4, -0.2) is 54.9 Å². The van der Waals surface area contributed by atoms with Crippen LogP contribution in [0.15, 0.2) is 71.3 Å². The van der Waals surface area contributed by atoms with Crippen LogP contribution in [0.3, 0.4) is 0 Å². The predicted octanol–water partition coefficient (Wildman–Crippen LogP) is 6.34. The SMILES string of the molecule is Cc1ncc(-c2ccc(N3CCN(C(=O)N[C@@H](C)c4cccc5ccccc45)CC3)cc2OCC(F)(F)F)o1. The summed E-state index contributed by atoms with van der Waals surface area (Å²) in [5.74, 6) is 0.795. The van der Waals surface area contributed by atoms with Crippen molar-refractivity contribution in [2.24, 2.45) is 0 Å². The number of oxazole rings is 1. The van der Waals surface area contributed by atoms with Crippen LogP contribution in [0.5, 0.6) is 5.75 Å². The van der Waals surface area contributed by atoms with Gasteiger partial charge in [-0.1, -0.05) is 42.5 Å². The fourth-order valence-electron chi connectivity index (χ4n) is 4.83. The van der Waals surface area contributed by atoms with Gasteiger partial charge < -0.3 is 24.3 Å². The van der Waals surface area contributed by atoms with Gasteiger partial charge in [-0.2, -0.15) is 13.2 Å². The number of anilines is 1. The van der Waals surface area contributed by atoms with E-state index in [0.29, 0.717) is 49.1 Å². The molecule has 1 N–H and O–H groups in total. The zero-order valence-corrected chi connectivity index (χ0v) is 21.7. The lowest BCUT2D eigenvalue weighted by Gasteiger charge is -2.36. The van der Waals surface area contributed by atoms with Crippen molar-refractivity contribution < 1.29 is 27.1 Å². The Bertz CT molecular complexity index is 1460. The van der Waals surface area contributed by atoms with Crippen molar-refractivity contribution in [3.05, 3.63) is 78.3 Å². The Kier molecular flexibility index (Phi) is 7.36. The Balaban J connectivity index is 1.25. The largest absolute Gasteiger partial charge is 0.483 e. The molecule has 0 aliphatic carbocycles. The number of alkyl halides is 3. The lowest BCUT2D eigenvalue weighted by atomic mass is 10.00. The van der Waals surface area contributed by atoms with Gasteiger partial charge in [-0.3, -0.25) is 0 Å². The number of benzene rings is 3. The van der Waals surface area contributed by atoms with Crippen molar-refractivity contribution in [1.82, 2.24) is 15.2 Å². The molecule has 2 heterocycles. The molecule has 1 aliphatic rings. The van der Waals surface area contributed by atoms with Crippen LogP contribution < -0.4 is 15.0 Å². The molecule has 2 amide bonds. The molecule has 1 aliphatic heterocycles. The average molecular weight is 539 g/mol. The molecular weight excluding hydrogens is 509 g/mol. The number of hydrogen-bond donors (Lipinski definition) is 1. The number of nitrogens with one attached hydrogen (secondary N) is 1. The van der Waals surface area contributed by atoms with Gasteiger partial charge in [0.1, 0.15) is 5.75 Å². The summed E-state index contributed by atoms with van der Waals surface area (Å²) in [7, 11) is 0. The average Bonchev–Trinajstić information content (AvgIpc) is 3.37. The Morgan fingerprint density at radius 3 is 2.54 bits per heavy atom. The molecule has 10 heteroatoms. The van der Waals surface area contributed by atoms with E-state index in [4.69, 9.17) is 9.15 Å². The zero-order chi connectivity index (χ0) is 27.6. The second-order valence-electron chi connectivity index (χ2n) is 9.54. The Morgan fingerprint density at radius 1 is 1.08 bits per heavy atom. The van der Waals surface area contributed by atoms with Crippen LogP contribution in [0.2, 0.25) is 0 Å². The zero-order valence-electron chi connectivity index (χ0n) is 21.7. The molecule has 1 fully saturated rings. The van der Waals surface area contributed by atoms with Gasteiger partial charge in [-0.05, 0) is 35.4 Å². The van der Waals surface area contributed by atoms with Gasteiger partial charge in [0.25, 0.3) is 0 Å². The molecule has 5 rings (SSSR count). The van der Waals surface area contributed by atoms with E-state index in [9.17, 15) is 18.0 Å². The number of rotatable bonds is 6. The number of urea groups is 1. The summed E-state index contributed by atoms with van der Waals surface area (Å²) in [6.07, 6.45) is -3.02. The van der Waals surface area contributed by atoms with Crippen LogP contribution in [0, 0.1) is 6.92 Å². The maximum Gasteiger partial charge on any atom is 0.422 e. The van der Waals surface area contributed by atoms with Gasteiger partial charge >= 0.3 is 12.2 Å². The summed E-state index contributed by atoms with van der Waals surface area (Å²) >= 11 is 0. The fourth-order valence-corrected chi connectivity index (χ4v) is 4.83. The van der Waals surface area contributed by atoms with E-state index in [0.717, 1.165) is 16.3 Å². The molecule has 0 spiro atoms. The number of carbonyl (C=O) groups is 1. The smallest absolute Gasteiger partial charge is 0.422 e. The summed E-state index contributed by atoms with van der Waals surface area (Å²) in [5.41, 5.74) is 2.15. The minimum Gasteiger partial charge on any atom is -0.483 e. The molecule has 204 valence electrons. The molecule has 3 aromatic carbocycles. The summed E-state index contributed by atoms with van der Waals surface area (Å²) in [6.45, 7) is 4.19. The highest BCUT2D eigenvalue weighted by atomic mass is 19.4. The number of carbonyl (C=O) groups excluding carboxylic acids is 1. The van der Waals surface area contributed by atoms with E-state index < -0.39 is 12.8 Å². The first-order valence-corrected chi connectivity index (χ1v) is 12.7. The van der Waals surface area contributed by atoms with E-state index in [1.54, 1.807) is 24.0 Å². The minimum absolute atomic E-state index is 0.0602. The lowest BCUT2D eigenvalue weighted by Crippen LogP contribution is -2.52. The van der Waals surface area contributed by atoms with Gasteiger partial charge in [-0.25, -0.2) is 9.78 Å². The number of ether oxygens (including phenoxy) is 1. The number of amides is 2. The van der Waals surface area contributed by atoms with Crippen LogP contribution >= 0.6 is 0 Å². The maximum absolute atomic E-state index is 13.1. The number of halogens is 3. The molecule has 0 saturated carbocycles. The molecule has 39 heavy (non-hydrogen) atoms. The number of piperazine rings is 1. The monoisotopic (exact) mass is 538 g/mol. The van der Waals surface area contributed by atoms with E-state index in [1.807, 2.05) is 60.4 Å². The Labute approximate surface area is 224 Å². The number of nitrogens with zero attached hydrogens (tertiary/aromatic N) is 3. The molecule has 1 atom stereocenters. The standard InChI is InChI=1S/C29H29F3N4O3/c1-19(23-9-5-7-21-6-3-4-8-24(21)23)34-28(37)36-14-12-35(13-15-36)22-10-11-25(27-17-33-20(2)39-27)26(16-22)38-18-29(30,31)32/h3-11,16-17,19H,12-15,18H2,1-2H3,(H,34,37)/t19-/m0/s1. The second kappa shape index (κ2) is 10.9. The first-order chi connectivity index (χ1) is 18.7. The molecule has 0 bridgehead atoms. The van der Waals surface area contributed by atoms with Crippen molar-refractivity contribution in [1.29, 1.82) is 0 Å². The molecule has 0 unspecified atom stereocenters. The molecule has 1 saturated heterocycles. The Morgan fingerprint density at radius 2 is 1.82 bits per heavy atom. The molecule has 4 aromatic rings. The fraction of sp³-hybridized carbons (Fsp3) is 0.310. The van der Waals surface area contributed by atoms with E-state index in [-0.39, 0.29) is 17.8 Å². The van der Waals surface area contributed by atoms with Gasteiger partial charge in [0.05, 0.1) is 17.8 Å². The topological polar surface area (TPSA) is 70.8 Å². The Hall–Kier alpha value is -4.21. The van der Waals surface area contributed by atoms with E-state index in [1.165, 1.54) is 6.20 Å². The normalized spacial score (nSPS) is 14.9. The van der Waals surface area contributed by atoms with E-state index in [2.05, 4.69) is 10.3 Å². The van der Waals surface area contributed by atoms with Crippen molar-refractivity contribution in [3.8, 4) is 17.1 Å². The van der Waals surface area contributed by atoms with Crippen molar-refractivity contribution >= 4 is 22.5 Å². The molecule has 0 radical (unpaired) electrons. The molecule has 7 nitrogen and oxygen atoms in total. The van der Waals surface area contributed by atoms with Crippen molar-refractivity contribution in [2.75, 3.05) is 37.7 Å². The third-order valence-corrected chi connectivity index (χ3v) is 6.81. The van der Waals surface area contributed by atoms with Gasteiger partial charge in [0.15, 0.2) is 18.3 Å². The minimum atomic E-state index is -4.48. The molecular formula is C29H29F3N4O3. The van der Waals surface area contributed by atoms with Crippen LogP contribution in [0.25, 0.3) is 22.1 Å². The number of hydrogen-bond acceptors (Lipinski definition) is 5. The second-order valence-corrected chi connectivity index (χ2v) is 9.54. The maximum atomic E-state index is 13.1. The van der Waals surface area contributed by atoms with Crippen LogP contribution in [-0.2, 0) is 0 Å². The number of aromatic nitrogens is 1. The number of aryl methyl sites for hydroxylation is 1. The summed E-state index contributed by atoms with van der Waals surface area (Å²) in [4.78, 5) is 20.9. The third kappa shape index (κ3) is 6.10. The lowest BCUT2D eigenvalue weighted by molar-refractivity contribution is -0.153. The third-order valence-electron chi connectivity index (χ3n) is 6.81. The first-order valence-electron chi connectivity index (χ1n) is 12.7. The molecule has 1 aromatic heterocycles. The summed E-state index contributed by atoms with van der Waals surface area (Å²) in [5, 5.41) is 5.33. The van der Waals surface area contributed by atoms with Crippen LogP contribution in [0.4, 0.5) is 23.7 Å². The van der Waals surface area contributed by atoms with Gasteiger partial charge in [0.2, 0.25) is 0 Å². The highest BCUT2D eigenvalue weighted by Crippen LogP contribution is 2.35.